The van der Waals surface area contributed by atoms with Crippen LogP contribution in [-0.4, -0.2) is 46.9 Å². The maximum absolute atomic E-state index is 13.7. The molecule has 1 heterocycles. The molecule has 10 heteroatoms. The number of carbonyl (C=O) groups excluding carboxylic acids is 3. The number of hydrogen-bond acceptors (Lipinski definition) is 7. The smallest absolute Gasteiger partial charge is 0.408 e. The quantitative estimate of drug-likeness (QED) is 0.277. The van der Waals surface area contributed by atoms with E-state index in [1.165, 1.54) is 4.57 Å². The summed E-state index contributed by atoms with van der Waals surface area (Å²) < 4.78 is 17.8. The molecule has 1 atom stereocenters. The second-order valence-corrected chi connectivity index (χ2v) is 13.8. The van der Waals surface area contributed by atoms with Crippen molar-refractivity contribution in [2.75, 3.05) is 12.4 Å². The zero-order valence-corrected chi connectivity index (χ0v) is 28.0. The van der Waals surface area contributed by atoms with Crippen molar-refractivity contribution in [3.8, 4) is 5.75 Å². The van der Waals surface area contributed by atoms with Crippen LogP contribution in [0.3, 0.4) is 0 Å². The van der Waals surface area contributed by atoms with Crippen LogP contribution >= 0.6 is 0 Å². The summed E-state index contributed by atoms with van der Waals surface area (Å²) in [6.45, 7) is 12.8. The van der Waals surface area contributed by atoms with Crippen molar-refractivity contribution in [1.82, 2.24) is 9.88 Å². The minimum absolute atomic E-state index is 0.122. The number of rotatable bonds is 10. The number of nitrogens with zero attached hydrogens (tertiary/aromatic N) is 1. The molecule has 246 valence electrons. The van der Waals surface area contributed by atoms with Crippen LogP contribution in [0.4, 0.5) is 10.5 Å². The van der Waals surface area contributed by atoms with E-state index < -0.39 is 34.7 Å². The fraction of sp³-hybridized carbons (Fsp3) is 0.444. The molecular formula is C36H45N3O7. The molecule has 0 bridgehead atoms. The van der Waals surface area contributed by atoms with Gasteiger partial charge in [0, 0.05) is 12.6 Å². The Hall–Kier alpha value is -4.60. The van der Waals surface area contributed by atoms with Gasteiger partial charge in [0.2, 0.25) is 5.91 Å². The summed E-state index contributed by atoms with van der Waals surface area (Å²) >= 11 is 0. The van der Waals surface area contributed by atoms with E-state index in [1.54, 1.807) is 47.1 Å². The van der Waals surface area contributed by atoms with E-state index in [9.17, 15) is 19.2 Å². The van der Waals surface area contributed by atoms with E-state index >= 15 is 0 Å². The van der Waals surface area contributed by atoms with Gasteiger partial charge in [-0.2, -0.15) is 0 Å². The van der Waals surface area contributed by atoms with Crippen LogP contribution in [0.1, 0.15) is 76.6 Å². The molecule has 2 aromatic carbocycles. The zero-order valence-electron chi connectivity index (χ0n) is 28.0. The van der Waals surface area contributed by atoms with Gasteiger partial charge in [-0.1, -0.05) is 36.4 Å². The molecule has 0 spiro atoms. The Morgan fingerprint density at radius 2 is 1.46 bits per heavy atom. The Morgan fingerprint density at radius 3 is 2.00 bits per heavy atom. The lowest BCUT2D eigenvalue weighted by Crippen LogP contribution is -2.47. The molecule has 3 aromatic rings. The molecular weight excluding hydrogens is 586 g/mol. The predicted molar refractivity (Wildman–Crippen MR) is 176 cm³/mol. The first-order valence-corrected chi connectivity index (χ1v) is 15.5. The Morgan fingerprint density at radius 1 is 0.870 bits per heavy atom. The molecule has 46 heavy (non-hydrogen) atoms. The van der Waals surface area contributed by atoms with Crippen LogP contribution in [0, 0.1) is 6.92 Å². The van der Waals surface area contributed by atoms with Gasteiger partial charge in [-0.3, -0.25) is 14.4 Å². The number of alkyl carbamates (subject to hydrolysis) is 1. The second-order valence-electron chi connectivity index (χ2n) is 13.8. The van der Waals surface area contributed by atoms with Crippen LogP contribution in [0.2, 0.25) is 0 Å². The first kappa shape index (κ1) is 34.3. The number of hydrogen-bond donors (Lipinski definition) is 2. The van der Waals surface area contributed by atoms with Crippen molar-refractivity contribution in [2.45, 2.75) is 96.9 Å². The number of pyridine rings is 1. The number of nitrogens with one attached hydrogen (secondary N) is 2. The van der Waals surface area contributed by atoms with Gasteiger partial charge in [0.25, 0.3) is 5.56 Å². The molecule has 1 aliphatic rings. The van der Waals surface area contributed by atoms with E-state index in [0.717, 1.165) is 16.7 Å². The number of anilines is 1. The normalized spacial score (nSPS) is 14.5. The molecule has 1 saturated carbocycles. The highest BCUT2D eigenvalue weighted by Gasteiger charge is 2.53. The van der Waals surface area contributed by atoms with E-state index in [0.29, 0.717) is 30.7 Å². The van der Waals surface area contributed by atoms with E-state index in [4.69, 9.17) is 14.2 Å². The summed E-state index contributed by atoms with van der Waals surface area (Å²) in [6, 6.07) is 15.5. The summed E-state index contributed by atoms with van der Waals surface area (Å²) in [5, 5.41) is 5.45. The minimum Gasteiger partial charge on any atom is -0.497 e. The maximum atomic E-state index is 13.7. The van der Waals surface area contributed by atoms with Gasteiger partial charge in [-0.15, -0.1) is 0 Å². The summed E-state index contributed by atoms with van der Waals surface area (Å²) in [5.41, 5.74) is 0.799. The molecule has 1 aliphatic carbocycles. The molecule has 1 aromatic heterocycles. The lowest BCUT2D eigenvalue weighted by atomic mass is 9.93. The van der Waals surface area contributed by atoms with Crippen LogP contribution in [-0.2, 0) is 37.4 Å². The molecule has 10 nitrogen and oxygen atoms in total. The van der Waals surface area contributed by atoms with Crippen LogP contribution < -0.4 is 20.9 Å². The number of carbonyl (C=O) groups is 3. The number of ether oxygens (including phenoxy) is 3. The molecule has 0 radical (unpaired) electrons. The average molecular weight is 632 g/mol. The van der Waals surface area contributed by atoms with Crippen LogP contribution in [0.25, 0.3) is 0 Å². The number of methoxy groups -OCH3 is 1. The van der Waals surface area contributed by atoms with Crippen molar-refractivity contribution >= 4 is 23.7 Å². The van der Waals surface area contributed by atoms with Gasteiger partial charge >= 0.3 is 12.1 Å². The highest BCUT2D eigenvalue weighted by atomic mass is 16.6. The fourth-order valence-electron chi connectivity index (χ4n) is 5.05. The number of esters is 1. The van der Waals surface area contributed by atoms with Crippen molar-refractivity contribution in [3.05, 3.63) is 93.4 Å². The topological polar surface area (TPSA) is 125 Å². The predicted octanol–water partition coefficient (Wildman–Crippen LogP) is 5.66. The van der Waals surface area contributed by atoms with Crippen molar-refractivity contribution in [1.29, 1.82) is 0 Å². The monoisotopic (exact) mass is 631 g/mol. The summed E-state index contributed by atoms with van der Waals surface area (Å²) in [5.74, 6) is -0.0987. The number of benzene rings is 2. The maximum Gasteiger partial charge on any atom is 0.408 e. The SMILES string of the molecule is COc1ccc(Cn2ccc(C)c(NC(=O)[C@H](Cc3ccc(C4(C(=O)OC(C)(C)C)CC4)cc3)NC(=O)OC(C)(C)C)c2=O)cc1. The molecule has 0 aliphatic heterocycles. The Kier molecular flexibility index (Phi) is 9.99. The number of amides is 2. The van der Waals surface area contributed by atoms with Crippen molar-refractivity contribution in [2.24, 2.45) is 0 Å². The van der Waals surface area contributed by atoms with Gasteiger partial charge in [0.1, 0.15) is 28.7 Å². The molecule has 2 N–H and O–H groups in total. The molecule has 2 amide bonds. The van der Waals surface area contributed by atoms with E-state index in [2.05, 4.69) is 10.6 Å². The fourth-order valence-corrected chi connectivity index (χ4v) is 5.05. The molecule has 0 unspecified atom stereocenters. The second kappa shape index (κ2) is 13.4. The van der Waals surface area contributed by atoms with Gasteiger partial charge < -0.3 is 29.4 Å². The highest BCUT2D eigenvalue weighted by molar-refractivity contribution is 5.97. The van der Waals surface area contributed by atoms with E-state index in [1.807, 2.05) is 69.3 Å². The van der Waals surface area contributed by atoms with Gasteiger partial charge in [0.05, 0.1) is 19.1 Å². The lowest BCUT2D eigenvalue weighted by molar-refractivity contribution is -0.158. The third kappa shape index (κ3) is 8.77. The lowest BCUT2D eigenvalue weighted by Gasteiger charge is -2.25. The molecule has 1 fully saturated rings. The van der Waals surface area contributed by atoms with E-state index in [-0.39, 0.29) is 23.6 Å². The largest absolute Gasteiger partial charge is 0.497 e. The Labute approximate surface area is 270 Å². The highest BCUT2D eigenvalue weighted by Crippen LogP contribution is 2.49. The standard InChI is InChI=1S/C36H45N3O7/c1-23-17-20-39(22-25-11-15-27(44-8)16-12-25)31(41)29(23)38-30(40)28(37-33(43)46-35(5,6)7)21-24-9-13-26(14-10-24)36(18-19-36)32(42)45-34(2,3)4/h9-17,20,28H,18-19,21-22H2,1-8H3,(H,37,43)(H,38,40)/t28-/m0/s1. The summed E-state index contributed by atoms with van der Waals surface area (Å²) in [4.78, 5) is 53.0. The van der Waals surface area contributed by atoms with Crippen molar-refractivity contribution in [3.63, 3.8) is 0 Å². The van der Waals surface area contributed by atoms with Gasteiger partial charge in [-0.25, -0.2) is 4.79 Å². The molecule has 0 saturated heterocycles. The van der Waals surface area contributed by atoms with Crippen LogP contribution in [0.15, 0.2) is 65.6 Å². The first-order chi connectivity index (χ1) is 21.5. The van der Waals surface area contributed by atoms with Crippen molar-refractivity contribution < 1.29 is 28.6 Å². The average Bonchev–Trinajstić information content (AvgIpc) is 3.78. The third-order valence-electron chi connectivity index (χ3n) is 7.63. The number of aromatic nitrogens is 1. The summed E-state index contributed by atoms with van der Waals surface area (Å²) in [6.07, 6.45) is 2.46. The van der Waals surface area contributed by atoms with Gasteiger partial charge in [-0.05, 0) is 102 Å². The third-order valence-corrected chi connectivity index (χ3v) is 7.63. The zero-order chi connectivity index (χ0) is 33.9. The van der Waals surface area contributed by atoms with Crippen LogP contribution in [0.5, 0.6) is 5.75 Å². The summed E-state index contributed by atoms with van der Waals surface area (Å²) in [7, 11) is 1.59. The molecule has 4 rings (SSSR count). The number of aryl methyl sites for hydroxylation is 1. The Bertz CT molecular complexity index is 1620. The Balaban J connectivity index is 1.55. The van der Waals surface area contributed by atoms with Gasteiger partial charge in [0.15, 0.2) is 0 Å². The minimum atomic E-state index is -1.06. The first-order valence-electron chi connectivity index (χ1n) is 15.5.